The van der Waals surface area contributed by atoms with Crippen LogP contribution in [0.1, 0.15) is 27.8 Å². The molecular formula is C19H21NO. The van der Waals surface area contributed by atoms with Crippen LogP contribution in [0.3, 0.4) is 0 Å². The molecule has 0 radical (unpaired) electrons. The number of fused-ring (bicyclic) bond motifs is 1. The molecule has 1 N–H and O–H groups in total. The summed E-state index contributed by atoms with van der Waals surface area (Å²) in [7, 11) is 0. The average Bonchev–Trinajstić information content (AvgIpc) is 2.84. The van der Waals surface area contributed by atoms with E-state index in [2.05, 4.69) is 61.9 Å². The number of benzene rings is 2. The molecule has 2 nitrogen and oxygen atoms in total. The molecule has 1 heterocycles. The van der Waals surface area contributed by atoms with E-state index >= 15 is 0 Å². The molecule has 0 saturated carbocycles. The molecule has 0 amide bonds. The van der Waals surface area contributed by atoms with Crippen molar-refractivity contribution in [2.45, 2.75) is 33.9 Å². The third kappa shape index (κ3) is 2.59. The minimum absolute atomic E-state index is 0.0870. The van der Waals surface area contributed by atoms with Gasteiger partial charge < -0.3 is 9.67 Å². The molecule has 0 aliphatic heterocycles. The summed E-state index contributed by atoms with van der Waals surface area (Å²) in [4.78, 5) is 0. The first kappa shape index (κ1) is 13.9. The van der Waals surface area contributed by atoms with Crippen molar-refractivity contribution in [2.24, 2.45) is 0 Å². The van der Waals surface area contributed by atoms with Gasteiger partial charge in [-0.3, -0.25) is 0 Å². The highest BCUT2D eigenvalue weighted by molar-refractivity contribution is 5.81. The lowest BCUT2D eigenvalue weighted by molar-refractivity contribution is 0.282. The lowest BCUT2D eigenvalue weighted by Gasteiger charge is -2.13. The minimum atomic E-state index is 0.0870. The van der Waals surface area contributed by atoms with Crippen molar-refractivity contribution in [2.75, 3.05) is 0 Å². The Balaban J connectivity index is 2.06. The molecule has 0 atom stereocenters. The highest BCUT2D eigenvalue weighted by Gasteiger charge is 2.07. The lowest BCUT2D eigenvalue weighted by atomic mass is 10.00. The fourth-order valence-electron chi connectivity index (χ4n) is 3.10. The molecule has 108 valence electrons. The van der Waals surface area contributed by atoms with E-state index in [1.165, 1.54) is 33.2 Å². The number of rotatable bonds is 3. The first-order chi connectivity index (χ1) is 10.1. The van der Waals surface area contributed by atoms with Crippen LogP contribution in [-0.2, 0) is 13.2 Å². The molecule has 0 spiro atoms. The van der Waals surface area contributed by atoms with Crippen LogP contribution < -0.4 is 0 Å². The first-order valence-electron chi connectivity index (χ1n) is 7.34. The maximum atomic E-state index is 9.32. The normalized spacial score (nSPS) is 11.2. The molecule has 0 bridgehead atoms. The average molecular weight is 279 g/mol. The molecule has 3 aromatic rings. The van der Waals surface area contributed by atoms with Crippen molar-refractivity contribution in [1.29, 1.82) is 0 Å². The monoisotopic (exact) mass is 279 g/mol. The van der Waals surface area contributed by atoms with E-state index < -0.39 is 0 Å². The van der Waals surface area contributed by atoms with Crippen LogP contribution in [0, 0.1) is 20.8 Å². The molecule has 0 unspecified atom stereocenters. The molecule has 0 fully saturated rings. The van der Waals surface area contributed by atoms with Crippen LogP contribution in [0.25, 0.3) is 10.9 Å². The van der Waals surface area contributed by atoms with Gasteiger partial charge in [0.2, 0.25) is 0 Å². The van der Waals surface area contributed by atoms with Crippen molar-refractivity contribution in [1.82, 2.24) is 4.57 Å². The Hall–Kier alpha value is -2.06. The predicted molar refractivity (Wildman–Crippen MR) is 87.6 cm³/mol. The molecule has 2 heteroatoms. The summed E-state index contributed by atoms with van der Waals surface area (Å²) < 4.78 is 2.26. The maximum Gasteiger partial charge on any atom is 0.0682 e. The Morgan fingerprint density at radius 2 is 1.67 bits per heavy atom. The first-order valence-corrected chi connectivity index (χ1v) is 7.34. The van der Waals surface area contributed by atoms with Gasteiger partial charge in [0.25, 0.3) is 0 Å². The number of aliphatic hydroxyl groups excluding tert-OH is 1. The van der Waals surface area contributed by atoms with E-state index in [0.717, 1.165) is 12.1 Å². The van der Waals surface area contributed by atoms with Crippen LogP contribution in [-0.4, -0.2) is 9.67 Å². The van der Waals surface area contributed by atoms with Crippen molar-refractivity contribution in [3.05, 3.63) is 70.4 Å². The highest BCUT2D eigenvalue weighted by Crippen LogP contribution is 2.22. The van der Waals surface area contributed by atoms with Gasteiger partial charge in [0.1, 0.15) is 0 Å². The number of aromatic nitrogens is 1. The summed E-state index contributed by atoms with van der Waals surface area (Å²) in [5.74, 6) is 0. The van der Waals surface area contributed by atoms with Crippen LogP contribution in [0.15, 0.2) is 42.6 Å². The van der Waals surface area contributed by atoms with Crippen LogP contribution in [0.2, 0.25) is 0 Å². The minimum Gasteiger partial charge on any atom is -0.392 e. The van der Waals surface area contributed by atoms with Gasteiger partial charge in [-0.05, 0) is 60.5 Å². The smallest absolute Gasteiger partial charge is 0.0682 e. The fraction of sp³-hybridized carbons (Fsp3) is 0.263. The van der Waals surface area contributed by atoms with Gasteiger partial charge in [-0.15, -0.1) is 0 Å². The van der Waals surface area contributed by atoms with Crippen molar-refractivity contribution >= 4 is 10.9 Å². The highest BCUT2D eigenvalue weighted by atomic mass is 16.3. The standard InChI is InChI=1S/C19H21NO/c1-13-8-14(2)18(15(3)9-13)11-20-7-6-17-5-4-16(12-21)10-19(17)20/h4-10,21H,11-12H2,1-3H3. The third-order valence-corrected chi connectivity index (χ3v) is 4.19. The molecule has 1 aromatic heterocycles. The molecule has 21 heavy (non-hydrogen) atoms. The fourth-order valence-corrected chi connectivity index (χ4v) is 3.10. The number of nitrogens with zero attached hydrogens (tertiary/aromatic N) is 1. The van der Waals surface area contributed by atoms with Crippen LogP contribution in [0.4, 0.5) is 0 Å². The van der Waals surface area contributed by atoms with E-state index in [4.69, 9.17) is 0 Å². The van der Waals surface area contributed by atoms with Gasteiger partial charge in [-0.2, -0.15) is 0 Å². The maximum absolute atomic E-state index is 9.32. The number of aliphatic hydroxyl groups is 1. The van der Waals surface area contributed by atoms with Gasteiger partial charge in [-0.25, -0.2) is 0 Å². The Kier molecular flexibility index (Phi) is 3.56. The van der Waals surface area contributed by atoms with Crippen molar-refractivity contribution < 1.29 is 5.11 Å². The van der Waals surface area contributed by atoms with Crippen LogP contribution in [0.5, 0.6) is 0 Å². The van der Waals surface area contributed by atoms with E-state index in [9.17, 15) is 5.11 Å². The number of aryl methyl sites for hydroxylation is 3. The third-order valence-electron chi connectivity index (χ3n) is 4.19. The number of hydrogen-bond donors (Lipinski definition) is 1. The molecule has 2 aromatic carbocycles. The summed E-state index contributed by atoms with van der Waals surface area (Å²) >= 11 is 0. The second-order valence-corrected chi connectivity index (χ2v) is 5.87. The van der Waals surface area contributed by atoms with Crippen molar-refractivity contribution in [3.63, 3.8) is 0 Å². The zero-order valence-corrected chi connectivity index (χ0v) is 12.9. The molecule has 0 saturated heterocycles. The van der Waals surface area contributed by atoms with Gasteiger partial charge in [0.15, 0.2) is 0 Å². The van der Waals surface area contributed by atoms with Gasteiger partial charge >= 0.3 is 0 Å². The quantitative estimate of drug-likeness (QED) is 0.767. The largest absolute Gasteiger partial charge is 0.392 e. The summed E-state index contributed by atoms with van der Waals surface area (Å²) in [5.41, 5.74) is 7.52. The molecular weight excluding hydrogens is 258 g/mol. The molecule has 0 aliphatic carbocycles. The second kappa shape index (κ2) is 5.38. The van der Waals surface area contributed by atoms with Gasteiger partial charge in [0.05, 0.1) is 6.61 Å². The summed E-state index contributed by atoms with van der Waals surface area (Å²) in [5, 5.41) is 10.5. The predicted octanol–water partition coefficient (Wildman–Crippen LogP) is 4.11. The summed E-state index contributed by atoms with van der Waals surface area (Å²) in [6, 6.07) is 12.8. The topological polar surface area (TPSA) is 25.2 Å². The zero-order chi connectivity index (χ0) is 15.0. The van der Waals surface area contributed by atoms with Gasteiger partial charge in [-0.1, -0.05) is 29.8 Å². The molecule has 3 rings (SSSR count). The Morgan fingerprint density at radius 3 is 2.33 bits per heavy atom. The SMILES string of the molecule is Cc1cc(C)c(Cn2ccc3ccc(CO)cc32)c(C)c1. The Morgan fingerprint density at radius 1 is 0.952 bits per heavy atom. The Labute approximate surface area is 125 Å². The summed E-state index contributed by atoms with van der Waals surface area (Å²) in [6.07, 6.45) is 2.13. The van der Waals surface area contributed by atoms with Gasteiger partial charge in [0, 0.05) is 18.3 Å². The lowest BCUT2D eigenvalue weighted by Crippen LogP contribution is -2.03. The van der Waals surface area contributed by atoms with E-state index in [0.29, 0.717) is 0 Å². The zero-order valence-electron chi connectivity index (χ0n) is 12.9. The van der Waals surface area contributed by atoms with E-state index in [-0.39, 0.29) is 6.61 Å². The second-order valence-electron chi connectivity index (χ2n) is 5.87. The van der Waals surface area contributed by atoms with Crippen molar-refractivity contribution in [3.8, 4) is 0 Å². The van der Waals surface area contributed by atoms with E-state index in [1.807, 2.05) is 6.07 Å². The number of hydrogen-bond acceptors (Lipinski definition) is 1. The Bertz CT molecular complexity index is 775. The van der Waals surface area contributed by atoms with E-state index in [1.54, 1.807) is 0 Å². The summed E-state index contributed by atoms with van der Waals surface area (Å²) in [6.45, 7) is 7.46. The molecule has 0 aliphatic rings. The van der Waals surface area contributed by atoms with Crippen LogP contribution >= 0.6 is 0 Å².